The number of halogens is 4. The molecule has 0 radical (unpaired) electrons. The summed E-state index contributed by atoms with van der Waals surface area (Å²) < 4.78 is 3.75. The second-order valence-corrected chi connectivity index (χ2v) is 6.15. The summed E-state index contributed by atoms with van der Waals surface area (Å²) in [5.41, 5.74) is 1.26. The van der Waals surface area contributed by atoms with Gasteiger partial charge in [-0.2, -0.15) is 9.97 Å². The molecular formula is C13H6Cl4N6. The zero-order chi connectivity index (χ0) is 16.1. The van der Waals surface area contributed by atoms with E-state index in [4.69, 9.17) is 46.4 Å². The van der Waals surface area contributed by atoms with E-state index >= 15 is 0 Å². The van der Waals surface area contributed by atoms with E-state index in [2.05, 4.69) is 19.9 Å². The van der Waals surface area contributed by atoms with E-state index in [0.29, 0.717) is 28.3 Å². The van der Waals surface area contributed by atoms with Gasteiger partial charge in [-0.3, -0.25) is 0 Å². The lowest BCUT2D eigenvalue weighted by Crippen LogP contribution is -2.07. The largest absolute Gasteiger partial charge is 0.314 e. The van der Waals surface area contributed by atoms with Crippen LogP contribution in [0.3, 0.4) is 0 Å². The van der Waals surface area contributed by atoms with Crippen molar-refractivity contribution in [2.45, 2.75) is 6.67 Å². The van der Waals surface area contributed by atoms with Crippen molar-refractivity contribution in [3.05, 3.63) is 45.4 Å². The number of hydrogen-bond acceptors (Lipinski definition) is 4. The fourth-order valence-corrected chi connectivity index (χ4v) is 3.27. The molecule has 0 saturated carbocycles. The van der Waals surface area contributed by atoms with Crippen LogP contribution in [-0.2, 0) is 6.67 Å². The Morgan fingerprint density at radius 2 is 1.13 bits per heavy atom. The highest BCUT2D eigenvalue weighted by Crippen LogP contribution is 2.25. The van der Waals surface area contributed by atoms with Crippen molar-refractivity contribution in [3.8, 4) is 0 Å². The molecule has 0 aliphatic heterocycles. The average Bonchev–Trinajstić information content (AvgIpc) is 3.05. The first-order valence-corrected chi connectivity index (χ1v) is 7.90. The van der Waals surface area contributed by atoms with Crippen molar-refractivity contribution in [2.24, 2.45) is 0 Å². The van der Waals surface area contributed by atoms with Gasteiger partial charge in [0.05, 0.1) is 10.8 Å². The predicted octanol–water partition coefficient (Wildman–Crippen LogP) is 4.30. The molecule has 0 N–H and O–H groups in total. The van der Waals surface area contributed by atoms with E-state index in [9.17, 15) is 0 Å². The second-order valence-electron chi connectivity index (χ2n) is 4.75. The normalized spacial score (nSPS) is 11.7. The van der Waals surface area contributed by atoms with Gasteiger partial charge in [-0.15, -0.1) is 0 Å². The zero-order valence-corrected chi connectivity index (χ0v) is 14.2. The zero-order valence-electron chi connectivity index (χ0n) is 11.2. The molecule has 0 fully saturated rings. The Morgan fingerprint density at radius 1 is 0.696 bits per heavy atom. The lowest BCUT2D eigenvalue weighted by molar-refractivity contribution is 0.637. The Balaban J connectivity index is 1.85. The fraction of sp³-hybridized carbons (Fsp3) is 0.0769. The van der Waals surface area contributed by atoms with E-state index in [-0.39, 0.29) is 10.6 Å². The molecule has 0 aliphatic rings. The van der Waals surface area contributed by atoms with Crippen molar-refractivity contribution in [1.29, 1.82) is 0 Å². The van der Waals surface area contributed by atoms with Gasteiger partial charge >= 0.3 is 0 Å². The number of nitrogens with zero attached hydrogens (tertiary/aromatic N) is 6. The Bertz CT molecular complexity index is 970. The maximum Gasteiger partial charge on any atom is 0.225 e. The fourth-order valence-electron chi connectivity index (χ4n) is 2.40. The Morgan fingerprint density at radius 3 is 1.57 bits per heavy atom. The van der Waals surface area contributed by atoms with Crippen LogP contribution in [-0.4, -0.2) is 29.1 Å². The van der Waals surface area contributed by atoms with Crippen molar-refractivity contribution < 1.29 is 0 Å². The summed E-state index contributed by atoms with van der Waals surface area (Å²) in [6, 6.07) is 3.66. The molecule has 0 bridgehead atoms. The average molecular weight is 388 g/mol. The third-order valence-corrected chi connectivity index (χ3v) is 4.31. The monoisotopic (exact) mass is 386 g/mol. The van der Waals surface area contributed by atoms with Gasteiger partial charge in [-0.05, 0) is 35.3 Å². The Kier molecular flexibility index (Phi) is 3.57. The van der Waals surface area contributed by atoms with Crippen molar-refractivity contribution in [3.63, 3.8) is 0 Å². The quantitative estimate of drug-likeness (QED) is 0.380. The molecule has 0 spiro atoms. The molecule has 0 aromatic carbocycles. The summed E-state index contributed by atoms with van der Waals surface area (Å²) in [4.78, 5) is 16.3. The van der Waals surface area contributed by atoms with E-state index in [0.717, 1.165) is 10.8 Å². The van der Waals surface area contributed by atoms with Crippen molar-refractivity contribution >= 4 is 68.5 Å². The van der Waals surface area contributed by atoms with Crippen LogP contribution in [0.4, 0.5) is 0 Å². The molecule has 0 atom stereocenters. The third-order valence-electron chi connectivity index (χ3n) is 3.39. The molecule has 116 valence electrons. The number of rotatable bonds is 2. The van der Waals surface area contributed by atoms with Gasteiger partial charge in [0.1, 0.15) is 28.3 Å². The van der Waals surface area contributed by atoms with E-state index in [1.807, 2.05) is 33.7 Å². The minimum absolute atomic E-state index is 0.0910. The van der Waals surface area contributed by atoms with E-state index < -0.39 is 0 Å². The van der Waals surface area contributed by atoms with Crippen LogP contribution in [0.25, 0.3) is 22.1 Å². The predicted molar refractivity (Wildman–Crippen MR) is 90.5 cm³/mol. The molecule has 4 aromatic rings. The van der Waals surface area contributed by atoms with Crippen LogP contribution in [0.15, 0.2) is 24.5 Å². The highest BCUT2D eigenvalue weighted by atomic mass is 35.5. The molecule has 0 unspecified atom stereocenters. The third kappa shape index (κ3) is 2.52. The van der Waals surface area contributed by atoms with Gasteiger partial charge < -0.3 is 9.13 Å². The number of fused-ring (bicyclic) bond motifs is 2. The minimum atomic E-state index is 0.0910. The van der Waals surface area contributed by atoms with Gasteiger partial charge in [0.25, 0.3) is 0 Å². The first-order valence-electron chi connectivity index (χ1n) is 6.38. The molecule has 4 heterocycles. The van der Waals surface area contributed by atoms with Crippen LogP contribution >= 0.6 is 46.4 Å². The first kappa shape index (κ1) is 15.0. The SMILES string of the molecule is Clc1nc(Cl)c2ccn(Cn3ccc4c(Cl)nc(Cl)nc43)c2n1. The van der Waals surface area contributed by atoms with Crippen LogP contribution in [0, 0.1) is 0 Å². The first-order chi connectivity index (χ1) is 11.0. The van der Waals surface area contributed by atoms with Crippen LogP contribution in [0.1, 0.15) is 0 Å². The van der Waals surface area contributed by atoms with Gasteiger partial charge in [0.2, 0.25) is 10.6 Å². The summed E-state index contributed by atoms with van der Waals surface area (Å²) in [5.74, 6) is 0. The molecule has 4 rings (SSSR count). The van der Waals surface area contributed by atoms with Crippen molar-refractivity contribution in [2.75, 3.05) is 0 Å². The van der Waals surface area contributed by atoms with E-state index in [1.165, 1.54) is 0 Å². The molecule has 6 nitrogen and oxygen atoms in total. The topological polar surface area (TPSA) is 61.4 Å². The summed E-state index contributed by atoms with van der Waals surface area (Å²) in [7, 11) is 0. The Labute approximate surface area is 149 Å². The summed E-state index contributed by atoms with van der Waals surface area (Å²) in [6.45, 7) is 0.431. The van der Waals surface area contributed by atoms with E-state index in [1.54, 1.807) is 0 Å². The molecular weight excluding hydrogens is 382 g/mol. The van der Waals surface area contributed by atoms with Crippen LogP contribution in [0.2, 0.25) is 20.9 Å². The Hall–Kier alpha value is -1.60. The lowest BCUT2D eigenvalue weighted by Gasteiger charge is -2.08. The summed E-state index contributed by atoms with van der Waals surface area (Å²) in [5, 5.41) is 2.24. The van der Waals surface area contributed by atoms with Gasteiger partial charge in [0.15, 0.2) is 0 Å². The molecule has 0 saturated heterocycles. The summed E-state index contributed by atoms with van der Waals surface area (Å²) in [6.07, 6.45) is 3.69. The molecule has 0 amide bonds. The highest BCUT2D eigenvalue weighted by Gasteiger charge is 2.13. The summed E-state index contributed by atoms with van der Waals surface area (Å²) >= 11 is 23.9. The molecule has 23 heavy (non-hydrogen) atoms. The van der Waals surface area contributed by atoms with Crippen molar-refractivity contribution in [1.82, 2.24) is 29.1 Å². The molecule has 0 aliphatic carbocycles. The lowest BCUT2D eigenvalue weighted by atomic mass is 10.4. The second kappa shape index (κ2) is 5.49. The highest BCUT2D eigenvalue weighted by molar-refractivity contribution is 6.36. The van der Waals surface area contributed by atoms with Crippen LogP contribution < -0.4 is 0 Å². The van der Waals surface area contributed by atoms with Gasteiger partial charge in [0, 0.05) is 12.4 Å². The minimum Gasteiger partial charge on any atom is -0.314 e. The maximum atomic E-state index is 6.08. The van der Waals surface area contributed by atoms with Gasteiger partial charge in [-0.1, -0.05) is 23.2 Å². The molecule has 4 aromatic heterocycles. The van der Waals surface area contributed by atoms with Crippen LogP contribution in [0.5, 0.6) is 0 Å². The standard InChI is InChI=1S/C13H6Cl4N6/c14-8-6-1-3-22(10(6)20-12(16)18-8)5-23-4-2-7-9(15)19-13(17)21-11(7)23/h1-4H,5H2. The van der Waals surface area contributed by atoms with Gasteiger partial charge in [-0.25, -0.2) is 9.97 Å². The molecule has 10 heteroatoms. The number of aromatic nitrogens is 6. The maximum absolute atomic E-state index is 6.08. The number of hydrogen-bond donors (Lipinski definition) is 0. The smallest absolute Gasteiger partial charge is 0.225 e.